The molecule has 3 heteroatoms. The molecule has 114 valence electrons. The molecular formula is C17H30N2O. The second kappa shape index (κ2) is 8.72. The van der Waals surface area contributed by atoms with E-state index in [1.807, 2.05) is 12.1 Å². The maximum atomic E-state index is 6.32. The van der Waals surface area contributed by atoms with E-state index in [0.29, 0.717) is 12.6 Å². The van der Waals surface area contributed by atoms with Crippen LogP contribution in [0.3, 0.4) is 0 Å². The Morgan fingerprint density at radius 3 is 2.55 bits per heavy atom. The molecule has 1 atom stereocenters. The van der Waals surface area contributed by atoms with E-state index in [2.05, 4.69) is 38.7 Å². The minimum atomic E-state index is 0.491. The van der Waals surface area contributed by atoms with Crippen molar-refractivity contribution >= 4 is 11.4 Å². The monoisotopic (exact) mass is 278 g/mol. The van der Waals surface area contributed by atoms with Crippen LogP contribution >= 0.6 is 0 Å². The number of hydrogen-bond acceptors (Lipinski definition) is 3. The summed E-state index contributed by atoms with van der Waals surface area (Å²) in [5.74, 6) is 0.814. The molecule has 0 aliphatic rings. The number of ether oxygens (including phenoxy) is 1. The van der Waals surface area contributed by atoms with Crippen LogP contribution in [0, 0.1) is 0 Å². The number of nitrogens with two attached hydrogens (primary N) is 1. The lowest BCUT2D eigenvalue weighted by atomic mass is 10.1. The van der Waals surface area contributed by atoms with Crippen molar-refractivity contribution in [2.75, 3.05) is 23.8 Å². The normalized spacial score (nSPS) is 12.2. The number of anilines is 2. The number of nitrogen functional groups attached to an aromatic ring is 1. The summed E-state index contributed by atoms with van der Waals surface area (Å²) < 4.78 is 5.74. The lowest BCUT2D eigenvalue weighted by Gasteiger charge is -2.32. The van der Waals surface area contributed by atoms with E-state index in [1.54, 1.807) is 0 Å². The summed E-state index contributed by atoms with van der Waals surface area (Å²) in [5, 5.41) is 0. The fourth-order valence-electron chi connectivity index (χ4n) is 2.25. The maximum Gasteiger partial charge on any atom is 0.144 e. The van der Waals surface area contributed by atoms with E-state index in [1.165, 1.54) is 12.8 Å². The third-order valence-electron chi connectivity index (χ3n) is 3.69. The number of nitrogens with zero attached hydrogens (tertiary/aromatic N) is 1. The average molecular weight is 278 g/mol. The Labute approximate surface area is 124 Å². The molecule has 1 unspecified atom stereocenters. The highest BCUT2D eigenvalue weighted by Crippen LogP contribution is 2.34. The maximum absolute atomic E-state index is 6.32. The quantitative estimate of drug-likeness (QED) is 0.678. The molecule has 1 rings (SSSR count). The summed E-state index contributed by atoms with van der Waals surface area (Å²) in [6.45, 7) is 10.6. The van der Waals surface area contributed by atoms with Crippen LogP contribution in [-0.4, -0.2) is 19.2 Å². The van der Waals surface area contributed by atoms with Crippen molar-refractivity contribution in [2.24, 2.45) is 0 Å². The van der Waals surface area contributed by atoms with Gasteiger partial charge in [-0.3, -0.25) is 0 Å². The van der Waals surface area contributed by atoms with Gasteiger partial charge in [0.2, 0.25) is 0 Å². The first kappa shape index (κ1) is 16.7. The minimum Gasteiger partial charge on any atom is -0.491 e. The molecule has 20 heavy (non-hydrogen) atoms. The van der Waals surface area contributed by atoms with Crippen LogP contribution in [0.2, 0.25) is 0 Å². The van der Waals surface area contributed by atoms with Crippen molar-refractivity contribution in [3.8, 4) is 5.75 Å². The van der Waals surface area contributed by atoms with Gasteiger partial charge in [0.15, 0.2) is 0 Å². The molecule has 1 aromatic rings. The predicted octanol–water partition coefficient (Wildman–Crippen LogP) is 4.46. The molecule has 0 saturated heterocycles. The standard InChI is InChI=1S/C17H30N2O/c1-5-8-12-19(14(4)7-3)15-10-9-11-16(17(15)18)20-13-6-2/h9-11,14H,5-8,12-13,18H2,1-4H3. The van der Waals surface area contributed by atoms with Gasteiger partial charge in [0.25, 0.3) is 0 Å². The van der Waals surface area contributed by atoms with E-state index in [4.69, 9.17) is 10.5 Å². The SMILES string of the molecule is CCCCN(c1cccc(OCCC)c1N)C(C)CC. The average Bonchev–Trinajstić information content (AvgIpc) is 2.47. The van der Waals surface area contributed by atoms with Gasteiger partial charge in [0, 0.05) is 12.6 Å². The topological polar surface area (TPSA) is 38.5 Å². The van der Waals surface area contributed by atoms with Gasteiger partial charge < -0.3 is 15.4 Å². The summed E-state index contributed by atoms with van der Waals surface area (Å²) in [7, 11) is 0. The van der Waals surface area contributed by atoms with Crippen LogP contribution in [0.5, 0.6) is 5.75 Å². The summed E-state index contributed by atoms with van der Waals surface area (Å²) in [6, 6.07) is 6.60. The van der Waals surface area contributed by atoms with Gasteiger partial charge >= 0.3 is 0 Å². The zero-order chi connectivity index (χ0) is 15.0. The summed E-state index contributed by atoms with van der Waals surface area (Å²) in [4.78, 5) is 2.41. The Balaban J connectivity index is 2.99. The summed E-state index contributed by atoms with van der Waals surface area (Å²) in [6.07, 6.45) is 4.49. The minimum absolute atomic E-state index is 0.491. The second-order valence-corrected chi connectivity index (χ2v) is 5.34. The van der Waals surface area contributed by atoms with Crippen LogP contribution in [0.1, 0.15) is 53.4 Å². The molecule has 3 nitrogen and oxygen atoms in total. The van der Waals surface area contributed by atoms with Crippen molar-refractivity contribution in [1.29, 1.82) is 0 Å². The Morgan fingerprint density at radius 2 is 1.95 bits per heavy atom. The van der Waals surface area contributed by atoms with E-state index in [-0.39, 0.29) is 0 Å². The fraction of sp³-hybridized carbons (Fsp3) is 0.647. The fourth-order valence-corrected chi connectivity index (χ4v) is 2.25. The Hall–Kier alpha value is -1.38. The van der Waals surface area contributed by atoms with Crippen molar-refractivity contribution < 1.29 is 4.74 Å². The third-order valence-corrected chi connectivity index (χ3v) is 3.69. The van der Waals surface area contributed by atoms with Crippen LogP contribution < -0.4 is 15.4 Å². The van der Waals surface area contributed by atoms with Gasteiger partial charge in [-0.15, -0.1) is 0 Å². The van der Waals surface area contributed by atoms with Gasteiger partial charge in [-0.25, -0.2) is 0 Å². The molecule has 0 amide bonds. The molecule has 0 aliphatic heterocycles. The summed E-state index contributed by atoms with van der Waals surface area (Å²) in [5.41, 5.74) is 8.21. The predicted molar refractivity (Wildman–Crippen MR) is 88.6 cm³/mol. The second-order valence-electron chi connectivity index (χ2n) is 5.34. The zero-order valence-electron chi connectivity index (χ0n) is 13.5. The van der Waals surface area contributed by atoms with E-state index in [9.17, 15) is 0 Å². The molecule has 0 fully saturated rings. The van der Waals surface area contributed by atoms with Crippen LogP contribution in [0.15, 0.2) is 18.2 Å². The van der Waals surface area contributed by atoms with Crippen molar-refractivity contribution in [2.45, 2.75) is 59.4 Å². The third kappa shape index (κ3) is 4.32. The van der Waals surface area contributed by atoms with Gasteiger partial charge in [-0.2, -0.15) is 0 Å². The van der Waals surface area contributed by atoms with E-state index >= 15 is 0 Å². The van der Waals surface area contributed by atoms with Crippen molar-refractivity contribution in [3.05, 3.63) is 18.2 Å². The smallest absolute Gasteiger partial charge is 0.144 e. The molecule has 0 spiro atoms. The first-order valence-corrected chi connectivity index (χ1v) is 7.93. The van der Waals surface area contributed by atoms with Gasteiger partial charge in [0.05, 0.1) is 18.0 Å². The van der Waals surface area contributed by atoms with Crippen molar-refractivity contribution in [1.82, 2.24) is 0 Å². The molecule has 0 aromatic heterocycles. The highest BCUT2D eigenvalue weighted by Gasteiger charge is 2.17. The lowest BCUT2D eigenvalue weighted by Crippen LogP contribution is -2.34. The van der Waals surface area contributed by atoms with Crippen LogP contribution in [0.4, 0.5) is 11.4 Å². The first-order chi connectivity index (χ1) is 9.65. The molecule has 2 N–H and O–H groups in total. The number of benzene rings is 1. The highest BCUT2D eigenvalue weighted by molar-refractivity contribution is 5.74. The van der Waals surface area contributed by atoms with Crippen LogP contribution in [0.25, 0.3) is 0 Å². The lowest BCUT2D eigenvalue weighted by molar-refractivity contribution is 0.319. The molecule has 0 aliphatic carbocycles. The molecule has 0 saturated carbocycles. The number of unbranched alkanes of at least 4 members (excludes halogenated alkanes) is 1. The number of hydrogen-bond donors (Lipinski definition) is 1. The number of para-hydroxylation sites is 1. The first-order valence-electron chi connectivity index (χ1n) is 7.93. The Morgan fingerprint density at radius 1 is 1.20 bits per heavy atom. The van der Waals surface area contributed by atoms with Gasteiger partial charge in [-0.1, -0.05) is 33.3 Å². The van der Waals surface area contributed by atoms with Crippen LogP contribution in [-0.2, 0) is 0 Å². The van der Waals surface area contributed by atoms with E-state index in [0.717, 1.165) is 36.5 Å². The zero-order valence-corrected chi connectivity index (χ0v) is 13.5. The Kier molecular flexibility index (Phi) is 7.27. The Bertz CT molecular complexity index is 393. The number of rotatable bonds is 9. The van der Waals surface area contributed by atoms with E-state index < -0.39 is 0 Å². The van der Waals surface area contributed by atoms with Gasteiger partial charge in [0.1, 0.15) is 5.75 Å². The molecule has 1 aromatic carbocycles. The molecule has 0 bridgehead atoms. The summed E-state index contributed by atoms with van der Waals surface area (Å²) >= 11 is 0. The largest absolute Gasteiger partial charge is 0.491 e. The molecule has 0 heterocycles. The van der Waals surface area contributed by atoms with Gasteiger partial charge in [-0.05, 0) is 38.3 Å². The molecule has 0 radical (unpaired) electrons. The molecular weight excluding hydrogens is 248 g/mol. The van der Waals surface area contributed by atoms with Crippen molar-refractivity contribution in [3.63, 3.8) is 0 Å². The highest BCUT2D eigenvalue weighted by atomic mass is 16.5.